The molecular formula is C12H15. The Bertz CT molecular complexity index is 297. The van der Waals surface area contributed by atoms with Crippen molar-refractivity contribution in [1.29, 1.82) is 0 Å². The molecule has 1 aliphatic rings. The Morgan fingerprint density at radius 3 is 2.67 bits per heavy atom. The molecule has 0 saturated heterocycles. The molecule has 1 aromatic carbocycles. The summed E-state index contributed by atoms with van der Waals surface area (Å²) in [5, 5.41) is 0. The summed E-state index contributed by atoms with van der Waals surface area (Å²) in [5.74, 6) is 0.466. The van der Waals surface area contributed by atoms with Crippen LogP contribution in [0.2, 0.25) is 0 Å². The van der Waals surface area contributed by atoms with Crippen LogP contribution in [0.15, 0.2) is 24.3 Å². The second-order valence-corrected chi connectivity index (χ2v) is 4.42. The molecule has 0 bridgehead atoms. The van der Waals surface area contributed by atoms with Crippen molar-refractivity contribution in [3.63, 3.8) is 0 Å². The minimum Gasteiger partial charge on any atom is -0.0620 e. The van der Waals surface area contributed by atoms with E-state index >= 15 is 0 Å². The molecule has 1 atom stereocenters. The third-order valence-electron chi connectivity index (χ3n) is 3.02. The standard InChI is InChI=1S/C12H15/c1-9-11-7-5-4-6-10(11)8-12(9,2)3/h4-7,9H,1,8H2,2-3H3. The number of hydrogen-bond acceptors (Lipinski definition) is 0. The second-order valence-electron chi connectivity index (χ2n) is 4.42. The first kappa shape index (κ1) is 7.85. The summed E-state index contributed by atoms with van der Waals surface area (Å²) < 4.78 is 0. The molecule has 0 heterocycles. The average molecular weight is 159 g/mol. The molecule has 0 fully saturated rings. The van der Waals surface area contributed by atoms with E-state index in [2.05, 4.69) is 45.0 Å². The van der Waals surface area contributed by atoms with E-state index < -0.39 is 0 Å². The Morgan fingerprint density at radius 2 is 2.00 bits per heavy atom. The zero-order chi connectivity index (χ0) is 8.77. The van der Waals surface area contributed by atoms with Crippen LogP contribution in [0, 0.1) is 12.3 Å². The van der Waals surface area contributed by atoms with Crippen molar-refractivity contribution in [2.45, 2.75) is 26.2 Å². The highest BCUT2D eigenvalue weighted by Gasteiger charge is 2.35. The summed E-state index contributed by atoms with van der Waals surface area (Å²) in [6, 6.07) is 8.66. The molecule has 0 nitrogen and oxygen atoms in total. The van der Waals surface area contributed by atoms with E-state index in [-0.39, 0.29) is 0 Å². The van der Waals surface area contributed by atoms with Gasteiger partial charge in [0, 0.05) is 0 Å². The summed E-state index contributed by atoms with van der Waals surface area (Å²) in [4.78, 5) is 0. The SMILES string of the molecule is [CH2]C1c2ccccc2CC1(C)C. The summed E-state index contributed by atoms with van der Waals surface area (Å²) in [7, 11) is 0. The quantitative estimate of drug-likeness (QED) is 0.545. The minimum atomic E-state index is 0.351. The molecule has 2 rings (SSSR count). The molecule has 1 unspecified atom stereocenters. The Balaban J connectivity index is 2.49. The maximum Gasteiger partial charge on any atom is -0.0104 e. The van der Waals surface area contributed by atoms with Gasteiger partial charge < -0.3 is 0 Å². The van der Waals surface area contributed by atoms with Gasteiger partial charge in [-0.15, -0.1) is 0 Å². The van der Waals surface area contributed by atoms with Crippen LogP contribution >= 0.6 is 0 Å². The third-order valence-corrected chi connectivity index (χ3v) is 3.02. The Labute approximate surface area is 74.6 Å². The first-order chi connectivity index (χ1) is 5.61. The van der Waals surface area contributed by atoms with E-state index in [9.17, 15) is 0 Å². The highest BCUT2D eigenvalue weighted by molar-refractivity contribution is 5.38. The largest absolute Gasteiger partial charge is 0.0620 e. The summed E-state index contributed by atoms with van der Waals surface area (Å²) >= 11 is 0. The van der Waals surface area contributed by atoms with Gasteiger partial charge in [-0.2, -0.15) is 0 Å². The van der Waals surface area contributed by atoms with E-state index in [1.165, 1.54) is 17.5 Å². The summed E-state index contributed by atoms with van der Waals surface area (Å²) in [5.41, 5.74) is 3.29. The first-order valence-electron chi connectivity index (χ1n) is 4.52. The fraction of sp³-hybridized carbons (Fsp3) is 0.417. The maximum atomic E-state index is 4.23. The number of rotatable bonds is 0. The third kappa shape index (κ3) is 0.979. The summed E-state index contributed by atoms with van der Waals surface area (Å²) in [6.45, 7) is 8.82. The molecule has 63 valence electrons. The van der Waals surface area contributed by atoms with Crippen molar-refractivity contribution >= 4 is 0 Å². The monoisotopic (exact) mass is 159 g/mol. The van der Waals surface area contributed by atoms with Crippen molar-refractivity contribution in [3.05, 3.63) is 42.3 Å². The fourth-order valence-electron chi connectivity index (χ4n) is 2.07. The van der Waals surface area contributed by atoms with Crippen LogP contribution in [0.4, 0.5) is 0 Å². The predicted molar refractivity (Wildman–Crippen MR) is 52.0 cm³/mol. The smallest absolute Gasteiger partial charge is 0.0104 e. The Kier molecular flexibility index (Phi) is 1.54. The topological polar surface area (TPSA) is 0 Å². The lowest BCUT2D eigenvalue weighted by molar-refractivity contribution is 0.352. The van der Waals surface area contributed by atoms with Gasteiger partial charge in [0.15, 0.2) is 0 Å². The second kappa shape index (κ2) is 2.35. The van der Waals surface area contributed by atoms with E-state index in [0.717, 1.165) is 0 Å². The lowest BCUT2D eigenvalue weighted by Crippen LogP contribution is -2.14. The molecule has 0 aromatic heterocycles. The van der Waals surface area contributed by atoms with Crippen LogP contribution in [0.25, 0.3) is 0 Å². The molecule has 0 aliphatic heterocycles. The zero-order valence-corrected chi connectivity index (χ0v) is 7.80. The normalized spacial score (nSPS) is 25.4. The van der Waals surface area contributed by atoms with E-state index in [0.29, 0.717) is 11.3 Å². The van der Waals surface area contributed by atoms with Crippen LogP contribution < -0.4 is 0 Å². The van der Waals surface area contributed by atoms with Crippen LogP contribution in [-0.2, 0) is 6.42 Å². The van der Waals surface area contributed by atoms with Gasteiger partial charge in [0.05, 0.1) is 0 Å². The van der Waals surface area contributed by atoms with Gasteiger partial charge in [0.25, 0.3) is 0 Å². The van der Waals surface area contributed by atoms with Gasteiger partial charge >= 0.3 is 0 Å². The van der Waals surface area contributed by atoms with Gasteiger partial charge in [-0.1, -0.05) is 38.1 Å². The molecule has 0 N–H and O–H groups in total. The fourth-order valence-corrected chi connectivity index (χ4v) is 2.07. The maximum absolute atomic E-state index is 4.23. The van der Waals surface area contributed by atoms with Gasteiger partial charge in [-0.05, 0) is 35.8 Å². The van der Waals surface area contributed by atoms with Crippen LogP contribution in [0.5, 0.6) is 0 Å². The van der Waals surface area contributed by atoms with Gasteiger partial charge in [0.1, 0.15) is 0 Å². The number of benzene rings is 1. The highest BCUT2D eigenvalue weighted by Crippen LogP contribution is 2.45. The molecule has 12 heavy (non-hydrogen) atoms. The molecule has 0 saturated carbocycles. The molecular weight excluding hydrogens is 144 g/mol. The summed E-state index contributed by atoms with van der Waals surface area (Å²) in [6.07, 6.45) is 1.18. The lowest BCUT2D eigenvalue weighted by atomic mass is 9.81. The van der Waals surface area contributed by atoms with Crippen molar-refractivity contribution in [3.8, 4) is 0 Å². The molecule has 0 spiro atoms. The van der Waals surface area contributed by atoms with Crippen LogP contribution in [0.3, 0.4) is 0 Å². The molecule has 1 aliphatic carbocycles. The molecule has 0 amide bonds. The van der Waals surface area contributed by atoms with E-state index in [1.54, 1.807) is 0 Å². The van der Waals surface area contributed by atoms with Crippen LogP contribution in [0.1, 0.15) is 30.9 Å². The van der Waals surface area contributed by atoms with Gasteiger partial charge in [0.2, 0.25) is 0 Å². The van der Waals surface area contributed by atoms with Crippen molar-refractivity contribution in [2.75, 3.05) is 0 Å². The van der Waals surface area contributed by atoms with Crippen molar-refractivity contribution < 1.29 is 0 Å². The van der Waals surface area contributed by atoms with Gasteiger partial charge in [-0.3, -0.25) is 0 Å². The number of fused-ring (bicyclic) bond motifs is 1. The predicted octanol–water partition coefficient (Wildman–Crippen LogP) is 3.19. The zero-order valence-electron chi connectivity index (χ0n) is 7.80. The van der Waals surface area contributed by atoms with Crippen molar-refractivity contribution in [2.24, 2.45) is 5.41 Å². The number of hydrogen-bond donors (Lipinski definition) is 0. The Morgan fingerprint density at radius 1 is 1.33 bits per heavy atom. The Hall–Kier alpha value is -0.780. The van der Waals surface area contributed by atoms with Gasteiger partial charge in [-0.25, -0.2) is 0 Å². The lowest BCUT2D eigenvalue weighted by Gasteiger charge is -2.23. The first-order valence-corrected chi connectivity index (χ1v) is 4.52. The average Bonchev–Trinajstić information content (AvgIpc) is 2.24. The molecule has 1 radical (unpaired) electrons. The van der Waals surface area contributed by atoms with Crippen LogP contribution in [-0.4, -0.2) is 0 Å². The minimum absolute atomic E-state index is 0.351. The van der Waals surface area contributed by atoms with Crippen molar-refractivity contribution in [1.82, 2.24) is 0 Å². The molecule has 0 heteroatoms. The highest BCUT2D eigenvalue weighted by atomic mass is 14.4. The van der Waals surface area contributed by atoms with E-state index in [1.807, 2.05) is 0 Å². The molecule has 1 aromatic rings. The van der Waals surface area contributed by atoms with E-state index in [4.69, 9.17) is 0 Å².